The van der Waals surface area contributed by atoms with Crippen LogP contribution in [0.4, 0.5) is 11.8 Å². The molecule has 16 nitrogen and oxygen atoms in total. The molecule has 4 aromatic carbocycles. The molecule has 326 valence electrons. The summed E-state index contributed by atoms with van der Waals surface area (Å²) in [5, 5.41) is 13.8. The highest BCUT2D eigenvalue weighted by Gasteiger charge is 2.19. The second-order valence-corrected chi connectivity index (χ2v) is 14.4. The largest absolute Gasteiger partial charge is 0.466 e. The molecule has 0 saturated heterocycles. The number of ketones is 2. The minimum absolute atomic E-state index is 0.0334. The number of rotatable bonds is 16. The van der Waals surface area contributed by atoms with Crippen LogP contribution < -0.4 is 22.1 Å². The molecule has 0 bridgehead atoms. The van der Waals surface area contributed by atoms with Crippen LogP contribution in [0.15, 0.2) is 140 Å². The highest BCUT2D eigenvalue weighted by atomic mass is 16.5. The van der Waals surface area contributed by atoms with E-state index in [-0.39, 0.29) is 66.7 Å². The van der Waals surface area contributed by atoms with Crippen molar-refractivity contribution in [3.63, 3.8) is 0 Å². The van der Waals surface area contributed by atoms with Crippen LogP contribution in [-0.4, -0.2) is 84.4 Å². The molecule has 0 spiro atoms. The molecule has 0 aliphatic carbocycles. The zero-order chi connectivity index (χ0) is 45.3. The summed E-state index contributed by atoms with van der Waals surface area (Å²) in [4.78, 5) is 57.9. The number of esters is 1. The number of likely N-dealkylation sites (N-methyl/N-ethyl adjacent to an activating group) is 1. The SMILES string of the molecule is CC(c1cccc(C(=O)c2ccccc2)c1)c1cc(NC(N)=NCC(=O)N(C)C)on1.CCOC(=O)CCN=C(N)Nc1cc(C(C)c2cccc(C(=O)c3ccccc3)c2)no1. The first kappa shape index (κ1) is 46.2. The maximum absolute atomic E-state index is 12.7. The van der Waals surface area contributed by atoms with Crippen molar-refractivity contribution in [3.8, 4) is 0 Å². The molecule has 0 fully saturated rings. The smallest absolute Gasteiger partial charge is 0.307 e. The van der Waals surface area contributed by atoms with Gasteiger partial charge in [0.15, 0.2) is 23.5 Å². The summed E-state index contributed by atoms with van der Waals surface area (Å²) >= 11 is 0. The molecule has 6 aromatic rings. The topological polar surface area (TPSA) is 234 Å². The van der Waals surface area contributed by atoms with Crippen molar-refractivity contribution < 1.29 is 33.0 Å². The number of carbonyl (C=O) groups excluding carboxylic acids is 4. The number of amides is 1. The van der Waals surface area contributed by atoms with Crippen molar-refractivity contribution in [2.24, 2.45) is 21.5 Å². The van der Waals surface area contributed by atoms with Gasteiger partial charge in [-0.05, 0) is 30.2 Å². The van der Waals surface area contributed by atoms with Crippen LogP contribution in [0.3, 0.4) is 0 Å². The fourth-order valence-corrected chi connectivity index (χ4v) is 5.98. The second kappa shape index (κ2) is 22.6. The maximum Gasteiger partial charge on any atom is 0.307 e. The molecular formula is C47H51N9O7. The number of nitrogens with two attached hydrogens (primary N) is 2. The Morgan fingerprint density at radius 2 is 1.10 bits per heavy atom. The number of anilines is 2. The summed E-state index contributed by atoms with van der Waals surface area (Å²) in [5.74, 6) is 0.0339. The van der Waals surface area contributed by atoms with E-state index in [4.69, 9.17) is 25.3 Å². The lowest BCUT2D eigenvalue weighted by molar-refractivity contribution is -0.142. The van der Waals surface area contributed by atoms with E-state index in [2.05, 4.69) is 30.9 Å². The third-order valence-electron chi connectivity index (χ3n) is 9.60. The Hall–Kier alpha value is -7.88. The fraction of sp³-hybridized carbons (Fsp3) is 0.234. The summed E-state index contributed by atoms with van der Waals surface area (Å²) in [6, 6.07) is 36.7. The Balaban J connectivity index is 0.000000238. The Labute approximate surface area is 365 Å². The number of guanidine groups is 2. The number of carbonyl (C=O) groups is 4. The van der Waals surface area contributed by atoms with Crippen LogP contribution in [0.5, 0.6) is 0 Å². The van der Waals surface area contributed by atoms with E-state index in [1.807, 2.05) is 86.6 Å². The molecule has 1 amide bonds. The average molecular weight is 854 g/mol. The molecule has 2 unspecified atom stereocenters. The zero-order valence-electron chi connectivity index (χ0n) is 35.8. The standard InChI is InChI=1S/C24H26N4O4.C23H25N5O3/c1-3-31-22(29)12-13-26-24(25)27-21-15-20(28-32-21)16(2)18-10-7-11-19(14-18)23(30)17-8-5-4-6-9-17;1-15(17-10-7-11-18(12-17)22(30)16-8-5-4-6-9-16)19-13-20(31-27-19)26-23(24)25-14-21(29)28(2)3/h4-11,14-16H,3,12-13H2,1-2H3,(H3,25,26,27);4-13,15H,14H2,1-3H3,(H3,24,25,26). The van der Waals surface area contributed by atoms with Gasteiger partial charge < -0.3 is 30.2 Å². The van der Waals surface area contributed by atoms with Crippen LogP contribution >= 0.6 is 0 Å². The predicted octanol–water partition coefficient (Wildman–Crippen LogP) is 6.61. The quantitative estimate of drug-likeness (QED) is 0.0348. The molecule has 6 N–H and O–H groups in total. The first-order valence-corrected chi connectivity index (χ1v) is 20.1. The van der Waals surface area contributed by atoms with Crippen molar-refractivity contribution >= 4 is 47.1 Å². The summed E-state index contributed by atoms with van der Waals surface area (Å²) in [6.45, 7) is 6.17. The van der Waals surface area contributed by atoms with Crippen molar-refractivity contribution in [3.05, 3.63) is 166 Å². The van der Waals surface area contributed by atoms with Crippen molar-refractivity contribution in [1.29, 1.82) is 0 Å². The van der Waals surface area contributed by atoms with Gasteiger partial charge >= 0.3 is 5.97 Å². The molecule has 63 heavy (non-hydrogen) atoms. The number of ether oxygens (including phenoxy) is 1. The first-order valence-electron chi connectivity index (χ1n) is 20.1. The predicted molar refractivity (Wildman–Crippen MR) is 241 cm³/mol. The fourth-order valence-electron chi connectivity index (χ4n) is 5.98. The maximum atomic E-state index is 12.7. The van der Waals surface area contributed by atoms with Gasteiger partial charge in [-0.3, -0.25) is 34.8 Å². The second-order valence-electron chi connectivity index (χ2n) is 14.4. The van der Waals surface area contributed by atoms with Crippen LogP contribution in [0.2, 0.25) is 0 Å². The van der Waals surface area contributed by atoms with E-state index in [0.717, 1.165) is 11.1 Å². The van der Waals surface area contributed by atoms with Gasteiger partial charge in [-0.2, -0.15) is 0 Å². The zero-order valence-corrected chi connectivity index (χ0v) is 35.8. The van der Waals surface area contributed by atoms with Gasteiger partial charge in [0, 0.05) is 60.3 Å². The molecule has 2 aromatic heterocycles. The van der Waals surface area contributed by atoms with Gasteiger partial charge in [0.05, 0.1) is 31.0 Å². The Morgan fingerprint density at radius 3 is 1.54 bits per heavy atom. The minimum atomic E-state index is -0.326. The first-order chi connectivity index (χ1) is 30.3. The van der Waals surface area contributed by atoms with Crippen molar-refractivity contribution in [2.45, 2.75) is 39.0 Å². The third-order valence-corrected chi connectivity index (χ3v) is 9.60. The van der Waals surface area contributed by atoms with E-state index in [1.54, 1.807) is 69.6 Å². The minimum Gasteiger partial charge on any atom is -0.466 e. The van der Waals surface area contributed by atoms with Crippen LogP contribution in [0, 0.1) is 0 Å². The number of nitrogens with zero attached hydrogens (tertiary/aromatic N) is 5. The molecule has 2 heterocycles. The number of hydrogen-bond donors (Lipinski definition) is 4. The monoisotopic (exact) mass is 853 g/mol. The van der Waals surface area contributed by atoms with E-state index in [1.165, 1.54) is 4.90 Å². The number of benzene rings is 4. The Morgan fingerprint density at radius 1 is 0.651 bits per heavy atom. The summed E-state index contributed by atoms with van der Waals surface area (Å²) in [6.07, 6.45) is 0.146. The number of nitrogens with one attached hydrogen (secondary N) is 2. The highest BCUT2D eigenvalue weighted by Crippen LogP contribution is 2.28. The van der Waals surface area contributed by atoms with Crippen molar-refractivity contribution in [1.82, 2.24) is 15.2 Å². The lowest BCUT2D eigenvalue weighted by Crippen LogP contribution is -2.28. The Bertz CT molecular complexity index is 2530. The van der Waals surface area contributed by atoms with Crippen LogP contribution in [0.1, 0.15) is 93.4 Å². The van der Waals surface area contributed by atoms with E-state index in [9.17, 15) is 19.2 Å². The highest BCUT2D eigenvalue weighted by molar-refractivity contribution is 6.09. The van der Waals surface area contributed by atoms with Gasteiger partial charge in [-0.15, -0.1) is 0 Å². The third kappa shape index (κ3) is 13.6. The van der Waals surface area contributed by atoms with Gasteiger partial charge in [0.2, 0.25) is 17.7 Å². The molecule has 0 aliphatic heterocycles. The van der Waals surface area contributed by atoms with E-state index < -0.39 is 0 Å². The van der Waals surface area contributed by atoms with Crippen LogP contribution in [-0.2, 0) is 14.3 Å². The number of aromatic nitrogens is 2. The van der Waals surface area contributed by atoms with Gasteiger partial charge in [-0.1, -0.05) is 121 Å². The molecule has 16 heteroatoms. The normalized spacial score (nSPS) is 12.3. The average Bonchev–Trinajstić information content (AvgIpc) is 3.98. The summed E-state index contributed by atoms with van der Waals surface area (Å²) < 4.78 is 15.4. The van der Waals surface area contributed by atoms with Gasteiger partial charge in [-0.25, -0.2) is 4.99 Å². The number of aliphatic imine (C=N–C) groups is 2. The Kier molecular flexibility index (Phi) is 16.6. The summed E-state index contributed by atoms with van der Waals surface area (Å²) in [5.41, 5.74) is 17.4. The van der Waals surface area contributed by atoms with Crippen LogP contribution in [0.25, 0.3) is 0 Å². The van der Waals surface area contributed by atoms with E-state index in [0.29, 0.717) is 52.0 Å². The lowest BCUT2D eigenvalue weighted by Gasteiger charge is -2.10. The van der Waals surface area contributed by atoms with E-state index >= 15 is 0 Å². The molecule has 0 radical (unpaired) electrons. The summed E-state index contributed by atoms with van der Waals surface area (Å²) in [7, 11) is 3.29. The molecule has 2 atom stereocenters. The molecular weight excluding hydrogens is 803 g/mol. The number of hydrogen-bond acceptors (Lipinski definition) is 11. The van der Waals surface area contributed by atoms with Crippen molar-refractivity contribution in [2.75, 3.05) is 44.4 Å². The van der Waals surface area contributed by atoms with Gasteiger partial charge in [0.1, 0.15) is 6.54 Å². The molecule has 0 aliphatic rings. The lowest BCUT2D eigenvalue weighted by atomic mass is 9.94. The molecule has 0 saturated carbocycles. The molecule has 6 rings (SSSR count). The van der Waals surface area contributed by atoms with Gasteiger partial charge in [0.25, 0.3) is 0 Å².